The molecule has 9 aromatic carbocycles. The van der Waals surface area contributed by atoms with Gasteiger partial charge < -0.3 is 0 Å². The van der Waals surface area contributed by atoms with Gasteiger partial charge in [-0.3, -0.25) is 13.7 Å². The fraction of sp³-hybridized carbons (Fsp3) is 0.231. The fourth-order valence-electron chi connectivity index (χ4n) is 11.9. The third kappa shape index (κ3) is 10.9. The molecule has 0 fully saturated rings. The maximum absolute atomic E-state index is 5.30. The number of aromatic nitrogens is 9. The summed E-state index contributed by atoms with van der Waals surface area (Å²) in [5.74, 6) is 6.53. The van der Waals surface area contributed by atoms with E-state index in [1.807, 2.05) is 0 Å². The minimum atomic E-state index is 0.369. The van der Waals surface area contributed by atoms with Crippen molar-refractivity contribution in [1.82, 2.24) is 43.6 Å². The summed E-state index contributed by atoms with van der Waals surface area (Å²) < 4.78 is 6.95. The van der Waals surface area contributed by atoms with Crippen LogP contribution in [0.5, 0.6) is 0 Å². The van der Waals surface area contributed by atoms with Gasteiger partial charge in [-0.05, 0) is 142 Å². The monoisotopic (exact) mass is 1140 g/mol. The molecule has 87 heavy (non-hydrogen) atoms. The van der Waals surface area contributed by atoms with Crippen molar-refractivity contribution in [2.45, 2.75) is 119 Å². The highest BCUT2D eigenvalue weighted by Crippen LogP contribution is 2.38. The van der Waals surface area contributed by atoms with Crippen LogP contribution in [0.4, 0.5) is 0 Å². The number of para-hydroxylation sites is 6. The molecule has 0 spiro atoms. The van der Waals surface area contributed by atoms with Crippen molar-refractivity contribution in [2.75, 3.05) is 0 Å². The van der Waals surface area contributed by atoms with E-state index in [2.05, 4.69) is 297 Å². The highest BCUT2D eigenvalue weighted by molar-refractivity contribution is 5.87. The number of hydrogen-bond donors (Lipinski definition) is 0. The normalized spacial score (nSPS) is 12.1. The predicted octanol–water partition coefficient (Wildman–Crippen LogP) is 20.6. The van der Waals surface area contributed by atoms with Crippen molar-refractivity contribution in [3.8, 4) is 85.4 Å². The minimum Gasteiger partial charge on any atom is -0.292 e. The number of hydrogen-bond acceptors (Lipinski definition) is 6. The highest BCUT2D eigenvalue weighted by Gasteiger charge is 2.23. The molecule has 9 nitrogen and oxygen atoms in total. The van der Waals surface area contributed by atoms with Gasteiger partial charge in [-0.1, -0.05) is 210 Å². The Labute approximate surface area is 511 Å². The summed E-state index contributed by atoms with van der Waals surface area (Å²) in [7, 11) is 0. The van der Waals surface area contributed by atoms with Crippen LogP contribution in [-0.4, -0.2) is 43.6 Å². The summed E-state index contributed by atoms with van der Waals surface area (Å²) in [5, 5.41) is 0. The third-order valence-electron chi connectivity index (χ3n) is 17.2. The average molecular weight is 1140 g/mol. The van der Waals surface area contributed by atoms with E-state index in [-0.39, 0.29) is 0 Å². The van der Waals surface area contributed by atoms with Gasteiger partial charge in [0.1, 0.15) is 17.5 Å². The van der Waals surface area contributed by atoms with E-state index < -0.39 is 0 Å². The number of rotatable bonds is 15. The number of benzene rings is 9. The molecule has 0 unspecified atom stereocenters. The quantitative estimate of drug-likeness (QED) is 0.102. The molecular formula is C78H75N9. The summed E-state index contributed by atoms with van der Waals surface area (Å²) in [6.07, 6.45) is 0. The summed E-state index contributed by atoms with van der Waals surface area (Å²) in [6, 6.07) is 71.8. The van der Waals surface area contributed by atoms with Gasteiger partial charge in [0, 0.05) is 50.4 Å². The molecule has 0 N–H and O–H groups in total. The second-order valence-electron chi connectivity index (χ2n) is 25.3. The van der Waals surface area contributed by atoms with Gasteiger partial charge in [0.15, 0.2) is 17.5 Å². The first-order chi connectivity index (χ1) is 42.0. The maximum Gasteiger partial charge on any atom is 0.164 e. The lowest BCUT2D eigenvalue weighted by Crippen LogP contribution is -2.03. The minimum absolute atomic E-state index is 0.369. The maximum atomic E-state index is 5.30. The summed E-state index contributed by atoms with van der Waals surface area (Å²) in [4.78, 5) is 31.8. The van der Waals surface area contributed by atoms with Crippen molar-refractivity contribution < 1.29 is 0 Å². The average Bonchev–Trinajstić information content (AvgIpc) is 1.77. The molecule has 13 aromatic rings. The van der Waals surface area contributed by atoms with E-state index in [1.165, 1.54) is 33.4 Å². The lowest BCUT2D eigenvalue weighted by molar-refractivity contribution is 0.829. The van der Waals surface area contributed by atoms with Crippen molar-refractivity contribution in [2.24, 2.45) is 0 Å². The number of fused-ring (bicyclic) bond motifs is 3. The van der Waals surface area contributed by atoms with Crippen LogP contribution in [0, 0.1) is 0 Å². The molecule has 0 aliphatic rings. The van der Waals surface area contributed by atoms with Gasteiger partial charge in [0.2, 0.25) is 0 Å². The molecule has 0 saturated carbocycles. The molecule has 0 aliphatic heterocycles. The van der Waals surface area contributed by atoms with Gasteiger partial charge in [0.05, 0.1) is 33.1 Å². The Morgan fingerprint density at radius 2 is 0.437 bits per heavy atom. The topological polar surface area (TPSA) is 92.1 Å². The van der Waals surface area contributed by atoms with Crippen molar-refractivity contribution >= 4 is 33.1 Å². The van der Waals surface area contributed by atoms with E-state index in [9.17, 15) is 0 Å². The molecule has 0 amide bonds. The Balaban J connectivity index is 0.930. The Kier molecular flexibility index (Phi) is 14.9. The zero-order valence-corrected chi connectivity index (χ0v) is 52.0. The molecule has 4 heterocycles. The van der Waals surface area contributed by atoms with E-state index in [0.717, 1.165) is 101 Å². The second kappa shape index (κ2) is 23.0. The van der Waals surface area contributed by atoms with Crippen LogP contribution in [0.25, 0.3) is 118 Å². The smallest absolute Gasteiger partial charge is 0.164 e. The zero-order valence-electron chi connectivity index (χ0n) is 52.0. The van der Waals surface area contributed by atoms with E-state index in [1.54, 1.807) is 0 Å². The van der Waals surface area contributed by atoms with Crippen LogP contribution in [0.3, 0.4) is 0 Å². The Morgan fingerprint density at radius 1 is 0.230 bits per heavy atom. The van der Waals surface area contributed by atoms with Crippen LogP contribution < -0.4 is 0 Å². The molecule has 0 saturated heterocycles. The van der Waals surface area contributed by atoms with Gasteiger partial charge in [-0.25, -0.2) is 29.9 Å². The van der Waals surface area contributed by atoms with Crippen LogP contribution in [0.1, 0.15) is 152 Å². The van der Waals surface area contributed by atoms with E-state index in [4.69, 9.17) is 29.9 Å². The SMILES string of the molecule is CC(C)c1cc(C(C)C)cc(-n2c(-c3ccc(-c4nc(-c5ccc(-c6nc7ccccc7n6-c6cc(C(C)C)cc(C(C)C)c6)cc5)nc(-c5ccc(-c6nc7ccccc7n6-c6cc(C(C)C)cc(C(C)C)c6)cc5)n4)cc3)nc3ccccc32)c1. The number of nitrogens with zero attached hydrogens (tertiary/aromatic N) is 9. The first-order valence-electron chi connectivity index (χ1n) is 31.0. The van der Waals surface area contributed by atoms with Gasteiger partial charge >= 0.3 is 0 Å². The lowest BCUT2D eigenvalue weighted by atomic mass is 9.94. The molecular weight excluding hydrogens is 1060 g/mol. The van der Waals surface area contributed by atoms with Crippen LogP contribution in [-0.2, 0) is 0 Å². The molecule has 0 bridgehead atoms. The first-order valence-corrected chi connectivity index (χ1v) is 31.0. The largest absolute Gasteiger partial charge is 0.292 e. The fourth-order valence-corrected chi connectivity index (χ4v) is 11.9. The number of imidazole rings is 3. The summed E-state index contributed by atoms with van der Waals surface area (Å²) in [5.41, 5.74) is 22.7. The molecule has 432 valence electrons. The van der Waals surface area contributed by atoms with Crippen molar-refractivity contribution in [1.29, 1.82) is 0 Å². The lowest BCUT2D eigenvalue weighted by Gasteiger charge is -2.17. The molecule has 0 atom stereocenters. The molecule has 0 radical (unpaired) electrons. The van der Waals surface area contributed by atoms with E-state index in [0.29, 0.717) is 53.0 Å². The van der Waals surface area contributed by atoms with Crippen LogP contribution in [0.2, 0.25) is 0 Å². The summed E-state index contributed by atoms with van der Waals surface area (Å²) >= 11 is 0. The van der Waals surface area contributed by atoms with Gasteiger partial charge in [-0.2, -0.15) is 0 Å². The van der Waals surface area contributed by atoms with Gasteiger partial charge in [-0.15, -0.1) is 0 Å². The zero-order chi connectivity index (χ0) is 60.4. The van der Waals surface area contributed by atoms with Gasteiger partial charge in [0.25, 0.3) is 0 Å². The Morgan fingerprint density at radius 3 is 0.655 bits per heavy atom. The summed E-state index contributed by atoms with van der Waals surface area (Å²) in [6.45, 7) is 27.2. The third-order valence-corrected chi connectivity index (χ3v) is 17.2. The predicted molar refractivity (Wildman–Crippen MR) is 361 cm³/mol. The molecule has 13 rings (SSSR count). The Hall–Kier alpha value is -9.60. The highest BCUT2D eigenvalue weighted by atomic mass is 15.1. The Bertz CT molecular complexity index is 4120. The van der Waals surface area contributed by atoms with Crippen molar-refractivity contribution in [3.05, 3.63) is 234 Å². The standard InChI is InChI=1S/C78H75N9/c1-46(2)58-37-59(47(3)4)41-64(40-58)85-70-22-16-13-19-67(70)79-76(85)55-31-25-52(26-32-55)73-82-74(53-27-33-56(34-28-53)77-80-68-20-14-17-23-71(68)86(77)65-42-60(48(5)6)38-61(43-65)49(7)8)84-75(83-73)54-29-35-57(36-30-54)78-81-69-21-15-18-24-72(69)87(78)66-44-62(50(9)10)39-63(45-66)51(11)12/h13-51H,1-12H3. The van der Waals surface area contributed by atoms with Crippen LogP contribution in [0.15, 0.2) is 200 Å². The van der Waals surface area contributed by atoms with Crippen LogP contribution >= 0.6 is 0 Å². The first kappa shape index (κ1) is 56.5. The molecule has 0 aliphatic carbocycles. The van der Waals surface area contributed by atoms with Crippen molar-refractivity contribution in [3.63, 3.8) is 0 Å². The molecule has 4 aromatic heterocycles. The molecule has 9 heteroatoms. The second-order valence-corrected chi connectivity index (χ2v) is 25.3. The van der Waals surface area contributed by atoms with E-state index >= 15 is 0 Å².